The van der Waals surface area contributed by atoms with E-state index in [4.69, 9.17) is 0 Å². The highest BCUT2D eigenvalue weighted by Gasteiger charge is 2.27. The van der Waals surface area contributed by atoms with E-state index in [0.717, 1.165) is 29.0 Å². The van der Waals surface area contributed by atoms with Crippen molar-refractivity contribution >= 4 is 15.9 Å². The van der Waals surface area contributed by atoms with E-state index in [1.807, 2.05) is 6.20 Å². The standard InChI is InChI=1S/C12H20N4O3S/c1-15(20(2,18)19)9-12(17)16-5-3-4-10(8-16)11-6-13-14-7-11/h6-7,10H,3-5,8-9H2,1-2H3,(H,13,14). The SMILES string of the molecule is CN(CC(=O)N1CCCC(c2cn[nH]c2)C1)S(C)(=O)=O. The topological polar surface area (TPSA) is 86.4 Å². The van der Waals surface area contributed by atoms with Crippen LogP contribution in [-0.2, 0) is 14.8 Å². The smallest absolute Gasteiger partial charge is 0.237 e. The van der Waals surface area contributed by atoms with Gasteiger partial charge in [-0.3, -0.25) is 9.89 Å². The summed E-state index contributed by atoms with van der Waals surface area (Å²) < 4.78 is 23.8. The molecular formula is C12H20N4O3S. The zero-order chi connectivity index (χ0) is 14.8. The van der Waals surface area contributed by atoms with Crippen molar-refractivity contribution in [2.75, 3.05) is 32.9 Å². The average molecular weight is 300 g/mol. The van der Waals surface area contributed by atoms with E-state index in [1.54, 1.807) is 11.1 Å². The molecule has 1 N–H and O–H groups in total. The van der Waals surface area contributed by atoms with E-state index < -0.39 is 10.0 Å². The molecule has 1 unspecified atom stereocenters. The number of piperidine rings is 1. The molecule has 8 heteroatoms. The lowest BCUT2D eigenvalue weighted by molar-refractivity contribution is -0.132. The number of aromatic amines is 1. The van der Waals surface area contributed by atoms with Crippen LogP contribution in [0.3, 0.4) is 0 Å². The van der Waals surface area contributed by atoms with E-state index in [-0.39, 0.29) is 18.4 Å². The number of hydrogen-bond donors (Lipinski definition) is 1. The molecule has 112 valence electrons. The van der Waals surface area contributed by atoms with E-state index >= 15 is 0 Å². The Balaban J connectivity index is 1.97. The van der Waals surface area contributed by atoms with Crippen molar-refractivity contribution in [1.82, 2.24) is 19.4 Å². The first-order valence-electron chi connectivity index (χ1n) is 6.55. The van der Waals surface area contributed by atoms with Gasteiger partial charge in [0, 0.05) is 32.3 Å². The Labute approximate surface area is 119 Å². The number of carbonyl (C=O) groups is 1. The van der Waals surface area contributed by atoms with Gasteiger partial charge in [0.15, 0.2) is 0 Å². The third kappa shape index (κ3) is 3.57. The molecule has 1 atom stereocenters. The van der Waals surface area contributed by atoms with Gasteiger partial charge in [0.25, 0.3) is 0 Å². The summed E-state index contributed by atoms with van der Waals surface area (Å²) in [6.45, 7) is 1.21. The minimum atomic E-state index is -3.32. The van der Waals surface area contributed by atoms with Crippen LogP contribution in [0.2, 0.25) is 0 Å². The Morgan fingerprint density at radius 2 is 2.35 bits per heavy atom. The summed E-state index contributed by atoms with van der Waals surface area (Å²) >= 11 is 0. The first-order chi connectivity index (χ1) is 9.38. The Morgan fingerprint density at radius 1 is 1.60 bits per heavy atom. The van der Waals surface area contributed by atoms with Gasteiger partial charge < -0.3 is 4.90 Å². The molecule has 1 aliphatic heterocycles. The second-order valence-electron chi connectivity index (χ2n) is 5.23. The zero-order valence-electron chi connectivity index (χ0n) is 11.7. The number of rotatable bonds is 4. The van der Waals surface area contributed by atoms with Crippen molar-refractivity contribution in [3.8, 4) is 0 Å². The predicted molar refractivity (Wildman–Crippen MR) is 74.6 cm³/mol. The number of nitrogens with one attached hydrogen (secondary N) is 1. The van der Waals surface area contributed by atoms with Gasteiger partial charge >= 0.3 is 0 Å². The molecule has 0 spiro atoms. The van der Waals surface area contributed by atoms with Crippen molar-refractivity contribution in [2.24, 2.45) is 0 Å². The van der Waals surface area contributed by atoms with E-state index in [0.29, 0.717) is 13.1 Å². The summed E-state index contributed by atoms with van der Waals surface area (Å²) in [6.07, 6.45) is 6.67. The first-order valence-corrected chi connectivity index (χ1v) is 8.40. The second-order valence-corrected chi connectivity index (χ2v) is 7.32. The molecule has 1 aromatic heterocycles. The Hall–Kier alpha value is -1.41. The van der Waals surface area contributed by atoms with Crippen molar-refractivity contribution in [3.63, 3.8) is 0 Å². The normalized spacial score (nSPS) is 20.4. The number of amides is 1. The lowest BCUT2D eigenvalue weighted by atomic mass is 9.93. The number of aromatic nitrogens is 2. The first kappa shape index (κ1) is 15.0. The summed E-state index contributed by atoms with van der Waals surface area (Å²) in [5.74, 6) is 0.126. The van der Waals surface area contributed by atoms with Gasteiger partial charge in [-0.2, -0.15) is 9.40 Å². The molecular weight excluding hydrogens is 280 g/mol. The van der Waals surface area contributed by atoms with Gasteiger partial charge in [0.05, 0.1) is 19.0 Å². The summed E-state index contributed by atoms with van der Waals surface area (Å²) in [5, 5.41) is 6.71. The number of likely N-dealkylation sites (tertiary alicyclic amines) is 1. The van der Waals surface area contributed by atoms with Crippen LogP contribution in [0.1, 0.15) is 24.3 Å². The largest absolute Gasteiger partial charge is 0.341 e. The molecule has 1 fully saturated rings. The van der Waals surface area contributed by atoms with Crippen LogP contribution in [0, 0.1) is 0 Å². The van der Waals surface area contributed by atoms with Gasteiger partial charge in [-0.25, -0.2) is 8.42 Å². The van der Waals surface area contributed by atoms with Crippen molar-refractivity contribution < 1.29 is 13.2 Å². The molecule has 0 radical (unpaired) electrons. The maximum absolute atomic E-state index is 12.2. The Morgan fingerprint density at radius 3 is 2.95 bits per heavy atom. The van der Waals surface area contributed by atoms with Crippen LogP contribution in [-0.4, -0.2) is 66.7 Å². The van der Waals surface area contributed by atoms with E-state index in [9.17, 15) is 13.2 Å². The van der Waals surface area contributed by atoms with Gasteiger partial charge in [-0.05, 0) is 18.4 Å². The summed E-state index contributed by atoms with van der Waals surface area (Å²) in [7, 11) is -1.90. The number of H-pyrrole nitrogens is 1. The number of sulfonamides is 1. The maximum atomic E-state index is 12.2. The Bertz CT molecular complexity index is 555. The molecule has 2 rings (SSSR count). The molecule has 1 aliphatic rings. The molecule has 0 bridgehead atoms. The maximum Gasteiger partial charge on any atom is 0.237 e. The summed E-state index contributed by atoms with van der Waals surface area (Å²) in [6, 6.07) is 0. The van der Waals surface area contributed by atoms with Crippen LogP contribution in [0.25, 0.3) is 0 Å². The van der Waals surface area contributed by atoms with Gasteiger partial charge in [0.1, 0.15) is 0 Å². The number of carbonyl (C=O) groups excluding carboxylic acids is 1. The van der Waals surface area contributed by atoms with Crippen LogP contribution < -0.4 is 0 Å². The predicted octanol–water partition coefficient (Wildman–Crippen LogP) is 0.00710. The van der Waals surface area contributed by atoms with Crippen LogP contribution in [0.4, 0.5) is 0 Å². The fourth-order valence-corrected chi connectivity index (χ4v) is 2.71. The molecule has 1 aromatic rings. The molecule has 1 amide bonds. The highest BCUT2D eigenvalue weighted by atomic mass is 32.2. The minimum Gasteiger partial charge on any atom is -0.341 e. The van der Waals surface area contributed by atoms with E-state index in [1.165, 1.54) is 7.05 Å². The van der Waals surface area contributed by atoms with Crippen molar-refractivity contribution in [1.29, 1.82) is 0 Å². The Kier molecular flexibility index (Phi) is 4.44. The van der Waals surface area contributed by atoms with Crippen LogP contribution in [0.5, 0.6) is 0 Å². The summed E-state index contributed by atoms with van der Waals surface area (Å²) in [4.78, 5) is 13.9. The molecule has 7 nitrogen and oxygen atoms in total. The molecule has 0 saturated carbocycles. The summed E-state index contributed by atoms with van der Waals surface area (Å²) in [5.41, 5.74) is 1.10. The monoisotopic (exact) mass is 300 g/mol. The molecule has 2 heterocycles. The lowest BCUT2D eigenvalue weighted by Gasteiger charge is -2.33. The minimum absolute atomic E-state index is 0.100. The fourth-order valence-electron chi connectivity index (χ4n) is 2.37. The van der Waals surface area contributed by atoms with Crippen molar-refractivity contribution in [3.05, 3.63) is 18.0 Å². The highest BCUT2D eigenvalue weighted by Crippen LogP contribution is 2.26. The van der Waals surface area contributed by atoms with Crippen LogP contribution >= 0.6 is 0 Å². The van der Waals surface area contributed by atoms with Gasteiger partial charge in [0.2, 0.25) is 15.9 Å². The average Bonchev–Trinajstić information content (AvgIpc) is 2.91. The third-order valence-corrected chi connectivity index (χ3v) is 4.95. The molecule has 1 saturated heterocycles. The molecule has 0 aliphatic carbocycles. The molecule has 20 heavy (non-hydrogen) atoms. The quantitative estimate of drug-likeness (QED) is 0.848. The van der Waals surface area contributed by atoms with Crippen molar-refractivity contribution in [2.45, 2.75) is 18.8 Å². The number of hydrogen-bond acceptors (Lipinski definition) is 4. The fraction of sp³-hybridized carbons (Fsp3) is 0.667. The zero-order valence-corrected chi connectivity index (χ0v) is 12.6. The molecule has 0 aromatic carbocycles. The lowest BCUT2D eigenvalue weighted by Crippen LogP contribution is -2.44. The van der Waals surface area contributed by atoms with Crippen LogP contribution in [0.15, 0.2) is 12.4 Å². The van der Waals surface area contributed by atoms with E-state index in [2.05, 4.69) is 10.2 Å². The number of likely N-dealkylation sites (N-methyl/N-ethyl adjacent to an activating group) is 1. The van der Waals surface area contributed by atoms with Gasteiger partial charge in [-0.15, -0.1) is 0 Å². The second kappa shape index (κ2) is 5.92. The third-order valence-electron chi connectivity index (χ3n) is 3.69. The number of nitrogens with zero attached hydrogens (tertiary/aromatic N) is 3. The highest BCUT2D eigenvalue weighted by molar-refractivity contribution is 7.88. The van der Waals surface area contributed by atoms with Gasteiger partial charge in [-0.1, -0.05) is 0 Å².